The lowest BCUT2D eigenvalue weighted by Gasteiger charge is -2.19. The number of nitrogens with one attached hydrogen (secondary N) is 2. The van der Waals surface area contributed by atoms with E-state index in [0.29, 0.717) is 46.2 Å². The summed E-state index contributed by atoms with van der Waals surface area (Å²) < 4.78 is 61.1. The van der Waals surface area contributed by atoms with Crippen molar-refractivity contribution in [2.45, 2.75) is 98.0 Å². The molecule has 0 aliphatic carbocycles. The van der Waals surface area contributed by atoms with E-state index >= 15 is 0 Å². The highest BCUT2D eigenvalue weighted by Crippen LogP contribution is 2.43. The standard InChI is InChI=1S/C28H34FNO4.C27H24F3NO5S/c1-3-5-6-7-10-21-11-14-23(15-12-21)24-16-13-22(19-25(24)29)20-30-18-9-8-17-28(4-2,26(31)32)27(33)34;1-26(24(32)33,25(34)35)13-5-6-14-31-16-18-9-11-20(12-10-18)36-17-21-15-22(19-7-3-2-4-8-19)23(37-21)27(28,29)30/h11-16,19,30H,3-7,10,17-18,20H2,1-2H3,(H,31,32)(H,33,34);2-4,7-12,15,31H,13-14,16-17H2,1H3,(H,32,33)(H,34,35). The molecule has 0 aliphatic rings. The highest BCUT2D eigenvalue weighted by Gasteiger charge is 2.44. The van der Waals surface area contributed by atoms with Crippen molar-refractivity contribution >= 4 is 35.2 Å². The highest BCUT2D eigenvalue weighted by atomic mass is 32.1. The Morgan fingerprint density at radius 2 is 1.20 bits per heavy atom. The zero-order valence-electron chi connectivity index (χ0n) is 39.8. The van der Waals surface area contributed by atoms with Gasteiger partial charge in [0.25, 0.3) is 0 Å². The Morgan fingerprint density at radius 3 is 1.75 bits per heavy atom. The smallest absolute Gasteiger partial charge is 0.426 e. The number of thiophene rings is 1. The van der Waals surface area contributed by atoms with E-state index < -0.39 is 45.8 Å². The molecule has 4 aromatic carbocycles. The summed E-state index contributed by atoms with van der Waals surface area (Å²) in [5, 5.41) is 42.7. The molecule has 1 heterocycles. The summed E-state index contributed by atoms with van der Waals surface area (Å²) in [6, 6.07) is 30.1. The van der Waals surface area contributed by atoms with Gasteiger partial charge in [0.05, 0.1) is 13.1 Å². The lowest BCUT2D eigenvalue weighted by atomic mass is 9.82. The number of hydrogen-bond acceptors (Lipinski definition) is 8. The van der Waals surface area contributed by atoms with Crippen LogP contribution >= 0.6 is 11.3 Å². The minimum Gasteiger partial charge on any atom is -0.488 e. The molecule has 0 bridgehead atoms. The molecule has 11 nitrogen and oxygen atoms in total. The van der Waals surface area contributed by atoms with Crippen LogP contribution in [-0.4, -0.2) is 57.4 Å². The minimum absolute atomic E-state index is 0.000623. The van der Waals surface area contributed by atoms with Gasteiger partial charge in [0.15, 0.2) is 10.8 Å². The predicted molar refractivity (Wildman–Crippen MR) is 265 cm³/mol. The third-order valence-electron chi connectivity index (χ3n) is 11.6. The summed E-state index contributed by atoms with van der Waals surface area (Å²) in [4.78, 5) is 44.7. The number of alkyl halides is 3. The average Bonchev–Trinajstić information content (AvgIpc) is 3.79. The first-order valence-electron chi connectivity index (χ1n) is 23.0. The largest absolute Gasteiger partial charge is 0.488 e. The van der Waals surface area contributed by atoms with E-state index in [2.05, 4.69) is 53.4 Å². The maximum Gasteiger partial charge on any atom is 0.426 e. The van der Waals surface area contributed by atoms with Crippen LogP contribution < -0.4 is 15.4 Å². The zero-order valence-corrected chi connectivity index (χ0v) is 40.6. The Labute approximate surface area is 415 Å². The van der Waals surface area contributed by atoms with Crippen LogP contribution in [0, 0.1) is 40.3 Å². The zero-order chi connectivity index (χ0) is 52.0. The van der Waals surface area contributed by atoms with E-state index in [0.717, 1.165) is 30.0 Å². The molecular weight excluding hydrogens is 941 g/mol. The van der Waals surface area contributed by atoms with Crippen molar-refractivity contribution in [2.24, 2.45) is 10.8 Å². The number of rotatable bonds is 23. The van der Waals surface area contributed by atoms with Crippen molar-refractivity contribution < 1.29 is 61.9 Å². The van der Waals surface area contributed by atoms with Gasteiger partial charge in [0, 0.05) is 41.9 Å². The molecular formula is C55H58F4N2O9S. The van der Waals surface area contributed by atoms with Crippen LogP contribution in [0.25, 0.3) is 22.3 Å². The fraction of sp³-hybridized carbons (Fsp3) is 0.345. The third kappa shape index (κ3) is 16.8. The number of aryl methyl sites for hydroxylation is 1. The number of benzene rings is 4. The summed E-state index contributed by atoms with van der Waals surface area (Å²) in [5.74, 6) is 5.23. The first-order chi connectivity index (χ1) is 33.8. The summed E-state index contributed by atoms with van der Waals surface area (Å²) in [7, 11) is 0. The topological polar surface area (TPSA) is 182 Å². The molecule has 5 rings (SSSR count). The van der Waals surface area contributed by atoms with Crippen LogP contribution in [0.2, 0.25) is 0 Å². The molecule has 0 fully saturated rings. The van der Waals surface area contributed by atoms with E-state index in [1.807, 2.05) is 18.2 Å². The molecule has 0 atom stereocenters. The third-order valence-corrected chi connectivity index (χ3v) is 12.7. The molecule has 16 heteroatoms. The summed E-state index contributed by atoms with van der Waals surface area (Å²) in [5.41, 5.74) is 1.11. The van der Waals surface area contributed by atoms with Crippen LogP contribution in [0.3, 0.4) is 0 Å². The summed E-state index contributed by atoms with van der Waals surface area (Å²) >= 11 is 0.668. The monoisotopic (exact) mass is 998 g/mol. The number of unbranched alkanes of at least 4 members (excludes halogenated alkanes) is 3. The van der Waals surface area contributed by atoms with Crippen molar-refractivity contribution in [3.63, 3.8) is 0 Å². The quantitative estimate of drug-likeness (QED) is 0.0159. The lowest BCUT2D eigenvalue weighted by molar-refractivity contribution is -0.165. The van der Waals surface area contributed by atoms with Gasteiger partial charge in [-0.25, -0.2) is 4.39 Å². The van der Waals surface area contributed by atoms with E-state index in [1.54, 1.807) is 60.7 Å². The number of halogens is 4. The molecule has 0 saturated carbocycles. The van der Waals surface area contributed by atoms with E-state index in [9.17, 15) is 47.0 Å². The molecule has 1 aromatic heterocycles. The van der Waals surface area contributed by atoms with Gasteiger partial charge in [0.2, 0.25) is 0 Å². The van der Waals surface area contributed by atoms with Crippen LogP contribution in [0.15, 0.2) is 103 Å². The Balaban J connectivity index is 0.000000310. The van der Waals surface area contributed by atoms with Crippen molar-refractivity contribution in [1.82, 2.24) is 10.6 Å². The van der Waals surface area contributed by atoms with Crippen molar-refractivity contribution in [3.8, 4) is 51.7 Å². The molecule has 0 unspecified atom stereocenters. The first kappa shape index (κ1) is 56.6. The number of ether oxygens (including phenoxy) is 1. The van der Waals surface area contributed by atoms with Gasteiger partial charge >= 0.3 is 30.1 Å². The van der Waals surface area contributed by atoms with Gasteiger partial charge in [-0.05, 0) is 78.3 Å². The summed E-state index contributed by atoms with van der Waals surface area (Å²) in [6.07, 6.45) is 0.838. The predicted octanol–water partition coefficient (Wildman–Crippen LogP) is 11.3. The van der Waals surface area contributed by atoms with Crippen molar-refractivity contribution in [1.29, 1.82) is 0 Å². The number of carbonyl (C=O) groups is 4. The van der Waals surface area contributed by atoms with Gasteiger partial charge in [-0.2, -0.15) is 13.2 Å². The van der Waals surface area contributed by atoms with E-state index in [-0.39, 0.29) is 50.3 Å². The van der Waals surface area contributed by atoms with E-state index in [1.165, 1.54) is 50.3 Å². The van der Waals surface area contributed by atoms with Gasteiger partial charge in [0.1, 0.15) is 23.1 Å². The van der Waals surface area contributed by atoms with Crippen molar-refractivity contribution in [2.75, 3.05) is 13.1 Å². The number of carboxylic acids is 4. The van der Waals surface area contributed by atoms with Crippen LogP contribution in [0.5, 0.6) is 5.75 Å². The van der Waals surface area contributed by atoms with Gasteiger partial charge in [-0.1, -0.05) is 124 Å². The maximum atomic E-state index is 14.7. The van der Waals surface area contributed by atoms with Gasteiger partial charge < -0.3 is 35.8 Å². The van der Waals surface area contributed by atoms with Gasteiger partial charge in [-0.3, -0.25) is 19.2 Å². The molecule has 5 aromatic rings. The number of aliphatic carboxylic acids is 4. The Morgan fingerprint density at radius 1 is 0.634 bits per heavy atom. The van der Waals surface area contributed by atoms with Crippen molar-refractivity contribution in [3.05, 3.63) is 135 Å². The molecule has 0 radical (unpaired) electrons. The second kappa shape index (κ2) is 27.4. The van der Waals surface area contributed by atoms with E-state index in [4.69, 9.17) is 14.9 Å². The SMILES string of the molecule is CC(CC#CCNCc1ccc(OCc2cc(-c3ccccc3)c(C(F)(F)F)s2)cc1)(C(=O)O)C(=O)O.CCCCCCc1ccc(-c2ccc(CNCC#CCC(CC)(C(=O)O)C(=O)O)cc2F)cc1. The molecule has 71 heavy (non-hydrogen) atoms. The molecule has 0 amide bonds. The second-order valence-corrected chi connectivity index (χ2v) is 18.0. The lowest BCUT2D eigenvalue weighted by Crippen LogP contribution is -2.38. The Bertz CT molecular complexity index is 2650. The molecule has 6 N–H and O–H groups in total. The molecule has 0 saturated heterocycles. The maximum absolute atomic E-state index is 14.7. The number of carboxylic acid groups (broad SMARTS) is 4. The van der Waals surface area contributed by atoms with Gasteiger partial charge in [-0.15, -0.1) is 23.2 Å². The number of hydrogen-bond donors (Lipinski definition) is 6. The van der Waals surface area contributed by atoms with Crippen LogP contribution in [0.1, 0.15) is 92.2 Å². The minimum atomic E-state index is -4.46. The molecule has 0 spiro atoms. The summed E-state index contributed by atoms with van der Waals surface area (Å²) in [6.45, 7) is 6.13. The average molecular weight is 999 g/mol. The fourth-order valence-corrected chi connectivity index (χ4v) is 7.91. The molecule has 0 aliphatic heterocycles. The second-order valence-electron chi connectivity index (χ2n) is 16.8. The fourth-order valence-electron chi connectivity index (χ4n) is 6.95. The van der Waals surface area contributed by atoms with Crippen LogP contribution in [0.4, 0.5) is 17.6 Å². The normalized spacial score (nSPS) is 11.3. The highest BCUT2D eigenvalue weighted by molar-refractivity contribution is 7.12. The Hall–Kier alpha value is -6.98. The molecule has 376 valence electrons. The first-order valence-corrected chi connectivity index (χ1v) is 23.8. The Kier molecular flexibility index (Phi) is 21.9. The van der Waals surface area contributed by atoms with Crippen LogP contribution in [-0.2, 0) is 51.5 Å².